The van der Waals surface area contributed by atoms with Crippen molar-refractivity contribution < 1.29 is 18.3 Å². The summed E-state index contributed by atoms with van der Waals surface area (Å²) >= 11 is 0. The van der Waals surface area contributed by atoms with Crippen LogP contribution in [0.4, 0.5) is 0 Å². The highest BCUT2D eigenvalue weighted by Gasteiger charge is 2.49. The van der Waals surface area contributed by atoms with Crippen LogP contribution in [-0.2, 0) is 14.8 Å². The monoisotopic (exact) mass is 274 g/mol. The minimum atomic E-state index is -3.89. The second-order valence-corrected chi connectivity index (χ2v) is 6.72. The van der Waals surface area contributed by atoms with Crippen LogP contribution in [0.5, 0.6) is 0 Å². The van der Waals surface area contributed by atoms with Crippen molar-refractivity contribution >= 4 is 16.0 Å². The van der Waals surface area contributed by atoms with Gasteiger partial charge >= 0.3 is 5.97 Å². The number of nitriles is 1. The molecule has 0 aromatic rings. The fourth-order valence-corrected chi connectivity index (χ4v) is 4.22. The van der Waals surface area contributed by atoms with Crippen LogP contribution < -0.4 is 0 Å². The van der Waals surface area contributed by atoms with Crippen LogP contribution in [0, 0.1) is 11.3 Å². The third kappa shape index (κ3) is 2.35. The summed E-state index contributed by atoms with van der Waals surface area (Å²) in [5.74, 6) is -1.15. The first kappa shape index (κ1) is 14.9. The molecule has 2 atom stereocenters. The van der Waals surface area contributed by atoms with Crippen molar-refractivity contribution in [2.24, 2.45) is 0 Å². The van der Waals surface area contributed by atoms with Crippen LogP contribution in [0.3, 0.4) is 0 Å². The lowest BCUT2D eigenvalue weighted by Gasteiger charge is -2.41. The zero-order valence-corrected chi connectivity index (χ0v) is 11.4. The molecule has 1 fully saturated rings. The molecule has 1 N–H and O–H groups in total. The third-order valence-corrected chi connectivity index (χ3v) is 5.83. The molecule has 0 aliphatic carbocycles. The van der Waals surface area contributed by atoms with Crippen molar-refractivity contribution in [3.8, 4) is 6.07 Å². The largest absolute Gasteiger partial charge is 0.480 e. The summed E-state index contributed by atoms with van der Waals surface area (Å²) < 4.78 is 25.6. The Balaban J connectivity index is 3.20. The molecule has 0 aromatic heterocycles. The summed E-state index contributed by atoms with van der Waals surface area (Å²) in [7, 11) is -3.89. The maximum atomic E-state index is 12.3. The van der Waals surface area contributed by atoms with E-state index in [2.05, 4.69) is 0 Å². The molecule has 0 bridgehead atoms. The van der Waals surface area contributed by atoms with Gasteiger partial charge in [0.15, 0.2) is 5.25 Å². The molecule has 0 spiro atoms. The Labute approximate surface area is 107 Å². The van der Waals surface area contributed by atoms with Crippen molar-refractivity contribution in [2.45, 2.75) is 50.3 Å². The highest BCUT2D eigenvalue weighted by molar-refractivity contribution is 7.90. The van der Waals surface area contributed by atoms with Crippen molar-refractivity contribution in [2.75, 3.05) is 6.54 Å². The summed E-state index contributed by atoms with van der Waals surface area (Å²) in [5, 5.41) is 17.0. The van der Waals surface area contributed by atoms with Crippen LogP contribution in [0.15, 0.2) is 0 Å². The minimum absolute atomic E-state index is 0.158. The number of aliphatic carboxylic acids is 1. The van der Waals surface area contributed by atoms with Crippen molar-refractivity contribution in [3.63, 3.8) is 0 Å². The van der Waals surface area contributed by atoms with Crippen LogP contribution in [0.2, 0.25) is 0 Å². The Morgan fingerprint density at radius 1 is 1.56 bits per heavy atom. The number of piperidine rings is 1. The van der Waals surface area contributed by atoms with E-state index < -0.39 is 26.8 Å². The molecule has 0 radical (unpaired) electrons. The van der Waals surface area contributed by atoms with Crippen LogP contribution >= 0.6 is 0 Å². The maximum absolute atomic E-state index is 12.3. The predicted molar refractivity (Wildman–Crippen MR) is 65.2 cm³/mol. The number of nitrogens with zero attached hydrogens (tertiary/aromatic N) is 2. The van der Waals surface area contributed by atoms with E-state index in [4.69, 9.17) is 5.26 Å². The molecule has 1 saturated heterocycles. The average Bonchev–Trinajstić information content (AvgIpc) is 2.30. The first-order valence-electron chi connectivity index (χ1n) is 5.95. The molecule has 2 unspecified atom stereocenters. The lowest BCUT2D eigenvalue weighted by atomic mass is 9.91. The Hall–Kier alpha value is -1.13. The van der Waals surface area contributed by atoms with E-state index in [1.807, 2.05) is 0 Å². The van der Waals surface area contributed by atoms with Crippen LogP contribution in [0.25, 0.3) is 0 Å². The fourth-order valence-electron chi connectivity index (χ4n) is 2.24. The summed E-state index contributed by atoms with van der Waals surface area (Å²) in [6.45, 7) is 3.19. The lowest BCUT2D eigenvalue weighted by molar-refractivity contribution is -0.149. The van der Waals surface area contributed by atoms with E-state index in [0.717, 1.165) is 4.31 Å². The third-order valence-electron chi connectivity index (χ3n) is 3.47. The summed E-state index contributed by atoms with van der Waals surface area (Å²) in [4.78, 5) is 11.3. The second-order valence-electron chi connectivity index (χ2n) is 4.68. The first-order valence-corrected chi connectivity index (χ1v) is 7.45. The number of sulfonamides is 1. The van der Waals surface area contributed by atoms with Crippen molar-refractivity contribution in [1.29, 1.82) is 5.26 Å². The molecule has 6 nitrogen and oxygen atoms in total. The fraction of sp³-hybridized carbons (Fsp3) is 0.818. The van der Waals surface area contributed by atoms with Gasteiger partial charge in [0, 0.05) is 6.54 Å². The normalized spacial score (nSPS) is 27.4. The Bertz CT molecular complexity index is 468. The van der Waals surface area contributed by atoms with Gasteiger partial charge in [-0.05, 0) is 32.6 Å². The molecule has 102 valence electrons. The molecular formula is C11H18N2O4S. The molecule has 0 saturated carbocycles. The Kier molecular flexibility index (Phi) is 4.35. The van der Waals surface area contributed by atoms with Gasteiger partial charge in [-0.25, -0.2) is 8.42 Å². The minimum Gasteiger partial charge on any atom is -0.480 e. The molecular weight excluding hydrogens is 256 g/mol. The summed E-state index contributed by atoms with van der Waals surface area (Å²) in [6, 6.07) is 1.74. The number of hydrogen-bond donors (Lipinski definition) is 1. The predicted octanol–water partition coefficient (Wildman–Crippen LogP) is 0.948. The van der Waals surface area contributed by atoms with Gasteiger partial charge in [0.2, 0.25) is 10.0 Å². The van der Waals surface area contributed by atoms with Crippen LogP contribution in [0.1, 0.15) is 39.5 Å². The highest BCUT2D eigenvalue weighted by atomic mass is 32.2. The zero-order valence-electron chi connectivity index (χ0n) is 10.6. The number of rotatable bonds is 4. The number of carboxylic acids is 1. The lowest BCUT2D eigenvalue weighted by Crippen LogP contribution is -2.59. The van der Waals surface area contributed by atoms with E-state index in [1.54, 1.807) is 13.0 Å². The quantitative estimate of drug-likeness (QED) is 0.822. The SMILES string of the molecule is CCC(C#N)S(=O)(=O)N1CCCCC1(C)C(=O)O. The smallest absolute Gasteiger partial charge is 0.324 e. The zero-order chi connectivity index (χ0) is 14.0. The molecule has 1 rings (SSSR count). The van der Waals surface area contributed by atoms with E-state index in [9.17, 15) is 18.3 Å². The van der Waals surface area contributed by atoms with E-state index >= 15 is 0 Å². The topological polar surface area (TPSA) is 98.5 Å². The maximum Gasteiger partial charge on any atom is 0.324 e. The van der Waals surface area contributed by atoms with Gasteiger partial charge < -0.3 is 5.11 Å². The van der Waals surface area contributed by atoms with Gasteiger partial charge in [-0.3, -0.25) is 4.79 Å². The van der Waals surface area contributed by atoms with Gasteiger partial charge in [-0.2, -0.15) is 9.57 Å². The Morgan fingerprint density at radius 3 is 2.61 bits per heavy atom. The highest BCUT2D eigenvalue weighted by Crippen LogP contribution is 2.32. The van der Waals surface area contributed by atoms with Gasteiger partial charge in [0.05, 0.1) is 6.07 Å². The standard InChI is InChI=1S/C11H18N2O4S/c1-3-9(8-12)18(16,17)13-7-5-4-6-11(13,2)10(14)15/h9H,3-7H2,1-2H3,(H,14,15). The van der Waals surface area contributed by atoms with Crippen molar-refractivity contribution in [1.82, 2.24) is 4.31 Å². The van der Waals surface area contributed by atoms with E-state index in [-0.39, 0.29) is 19.4 Å². The van der Waals surface area contributed by atoms with Crippen LogP contribution in [-0.4, -0.2) is 41.1 Å². The van der Waals surface area contributed by atoms with E-state index in [0.29, 0.717) is 12.8 Å². The summed E-state index contributed by atoms with van der Waals surface area (Å²) in [6.07, 6.45) is 1.75. The Morgan fingerprint density at radius 2 is 2.17 bits per heavy atom. The van der Waals surface area contributed by atoms with Gasteiger partial charge in [0.1, 0.15) is 5.54 Å². The van der Waals surface area contributed by atoms with Gasteiger partial charge in [0.25, 0.3) is 0 Å². The number of carboxylic acid groups (broad SMARTS) is 1. The molecule has 0 aromatic carbocycles. The first-order chi connectivity index (χ1) is 8.30. The molecule has 1 aliphatic rings. The van der Waals surface area contributed by atoms with Gasteiger partial charge in [-0.15, -0.1) is 0 Å². The molecule has 7 heteroatoms. The molecule has 1 aliphatic heterocycles. The molecule has 18 heavy (non-hydrogen) atoms. The van der Waals surface area contributed by atoms with Gasteiger partial charge in [-0.1, -0.05) is 6.92 Å². The van der Waals surface area contributed by atoms with E-state index in [1.165, 1.54) is 6.92 Å². The summed E-state index contributed by atoms with van der Waals surface area (Å²) in [5.41, 5.74) is -1.43. The van der Waals surface area contributed by atoms with Crippen molar-refractivity contribution in [3.05, 3.63) is 0 Å². The molecule has 0 amide bonds. The average molecular weight is 274 g/mol. The second kappa shape index (κ2) is 5.24. The molecule has 1 heterocycles. The number of hydrogen-bond acceptors (Lipinski definition) is 4. The number of carbonyl (C=O) groups is 1.